The van der Waals surface area contributed by atoms with E-state index in [-0.39, 0.29) is 0 Å². The van der Waals surface area contributed by atoms with Crippen LogP contribution in [0.3, 0.4) is 0 Å². The number of nitrogens with one attached hydrogen (secondary N) is 1. The van der Waals surface area contributed by atoms with Crippen LogP contribution in [-0.4, -0.2) is 40.5 Å². The minimum atomic E-state index is 0.528. The molecule has 1 aromatic rings. The van der Waals surface area contributed by atoms with E-state index in [2.05, 4.69) is 39.8 Å². The topological polar surface area (TPSA) is 41.0 Å². The SMILES string of the molecule is C=CCN1CCC(Nc2cc(CC)nc(C)n2)CC1. The summed E-state index contributed by atoms with van der Waals surface area (Å²) in [5.41, 5.74) is 1.11. The number of nitrogens with zero attached hydrogens (tertiary/aromatic N) is 3. The Balaban J connectivity index is 1.91. The number of hydrogen-bond acceptors (Lipinski definition) is 4. The zero-order valence-corrected chi connectivity index (χ0v) is 12.0. The van der Waals surface area contributed by atoms with E-state index in [1.165, 1.54) is 12.8 Å². The molecule has 4 heteroatoms. The number of anilines is 1. The molecular formula is C15H24N4. The molecule has 104 valence electrons. The molecule has 0 amide bonds. The molecule has 0 radical (unpaired) electrons. The lowest BCUT2D eigenvalue weighted by Crippen LogP contribution is -2.39. The summed E-state index contributed by atoms with van der Waals surface area (Å²) in [6.45, 7) is 11.1. The van der Waals surface area contributed by atoms with Crippen LogP contribution in [0.5, 0.6) is 0 Å². The van der Waals surface area contributed by atoms with Gasteiger partial charge in [0.2, 0.25) is 0 Å². The third-order valence-electron chi connectivity index (χ3n) is 3.58. The Morgan fingerprint density at radius 2 is 2.16 bits per heavy atom. The van der Waals surface area contributed by atoms with Crippen molar-refractivity contribution < 1.29 is 0 Å². The van der Waals surface area contributed by atoms with E-state index < -0.39 is 0 Å². The lowest BCUT2D eigenvalue weighted by atomic mass is 10.1. The summed E-state index contributed by atoms with van der Waals surface area (Å²) >= 11 is 0. The molecule has 1 aliphatic heterocycles. The van der Waals surface area contributed by atoms with Gasteiger partial charge in [-0.05, 0) is 26.2 Å². The quantitative estimate of drug-likeness (QED) is 0.825. The number of aryl methyl sites for hydroxylation is 2. The van der Waals surface area contributed by atoms with Gasteiger partial charge in [0.15, 0.2) is 0 Å². The maximum absolute atomic E-state index is 4.48. The molecule has 0 spiro atoms. The summed E-state index contributed by atoms with van der Waals surface area (Å²) < 4.78 is 0. The first-order valence-electron chi connectivity index (χ1n) is 7.15. The van der Waals surface area contributed by atoms with Gasteiger partial charge >= 0.3 is 0 Å². The Hall–Kier alpha value is -1.42. The van der Waals surface area contributed by atoms with Crippen molar-refractivity contribution in [1.29, 1.82) is 0 Å². The monoisotopic (exact) mass is 260 g/mol. The van der Waals surface area contributed by atoms with E-state index in [1.807, 2.05) is 13.0 Å². The fraction of sp³-hybridized carbons (Fsp3) is 0.600. The van der Waals surface area contributed by atoms with Crippen molar-refractivity contribution in [1.82, 2.24) is 14.9 Å². The van der Waals surface area contributed by atoms with Crippen LogP contribution in [-0.2, 0) is 6.42 Å². The Labute approximate surface area is 115 Å². The largest absolute Gasteiger partial charge is 0.367 e. The fourth-order valence-electron chi connectivity index (χ4n) is 2.54. The standard InChI is InChI=1S/C15H24N4/c1-4-8-19-9-6-14(7-10-19)18-15-11-13(5-2)16-12(3)17-15/h4,11,14H,1,5-10H2,2-3H3,(H,16,17,18). The second-order valence-corrected chi connectivity index (χ2v) is 5.15. The van der Waals surface area contributed by atoms with Gasteiger partial charge in [-0.1, -0.05) is 13.0 Å². The third kappa shape index (κ3) is 4.03. The molecule has 4 nitrogen and oxygen atoms in total. The second-order valence-electron chi connectivity index (χ2n) is 5.15. The number of hydrogen-bond donors (Lipinski definition) is 1. The number of likely N-dealkylation sites (tertiary alicyclic amines) is 1. The van der Waals surface area contributed by atoms with Crippen molar-refractivity contribution in [3.63, 3.8) is 0 Å². The first-order valence-corrected chi connectivity index (χ1v) is 7.15. The number of rotatable bonds is 5. The van der Waals surface area contributed by atoms with Crippen LogP contribution in [0.15, 0.2) is 18.7 Å². The van der Waals surface area contributed by atoms with E-state index in [0.29, 0.717) is 6.04 Å². The third-order valence-corrected chi connectivity index (χ3v) is 3.58. The summed E-state index contributed by atoms with van der Waals surface area (Å²) in [7, 11) is 0. The summed E-state index contributed by atoms with van der Waals surface area (Å²) in [4.78, 5) is 11.3. The molecule has 2 rings (SSSR count). The van der Waals surface area contributed by atoms with Gasteiger partial charge < -0.3 is 5.32 Å². The van der Waals surface area contributed by atoms with Crippen molar-refractivity contribution in [2.45, 2.75) is 39.2 Å². The predicted molar refractivity (Wildman–Crippen MR) is 79.4 cm³/mol. The minimum absolute atomic E-state index is 0.528. The molecule has 0 atom stereocenters. The maximum atomic E-state index is 4.48. The van der Waals surface area contributed by atoms with Gasteiger partial charge in [-0.2, -0.15) is 0 Å². The van der Waals surface area contributed by atoms with Crippen molar-refractivity contribution in [3.05, 3.63) is 30.2 Å². The first kappa shape index (κ1) is 14.0. The summed E-state index contributed by atoms with van der Waals surface area (Å²) in [5.74, 6) is 1.83. The van der Waals surface area contributed by atoms with E-state index in [4.69, 9.17) is 0 Å². The normalized spacial score (nSPS) is 17.4. The molecule has 1 saturated heterocycles. The molecule has 0 saturated carbocycles. The number of aromatic nitrogens is 2. The first-order chi connectivity index (χ1) is 9.21. The van der Waals surface area contributed by atoms with Crippen LogP contribution in [0.2, 0.25) is 0 Å². The van der Waals surface area contributed by atoms with Gasteiger partial charge in [-0.3, -0.25) is 4.90 Å². The molecule has 0 bridgehead atoms. The van der Waals surface area contributed by atoms with Crippen molar-refractivity contribution in [2.24, 2.45) is 0 Å². The lowest BCUT2D eigenvalue weighted by Gasteiger charge is -2.31. The smallest absolute Gasteiger partial charge is 0.130 e. The van der Waals surface area contributed by atoms with E-state index in [0.717, 1.165) is 43.4 Å². The highest BCUT2D eigenvalue weighted by Gasteiger charge is 2.18. The maximum Gasteiger partial charge on any atom is 0.130 e. The Morgan fingerprint density at radius 1 is 1.42 bits per heavy atom. The van der Waals surface area contributed by atoms with Gasteiger partial charge in [-0.25, -0.2) is 9.97 Å². The Morgan fingerprint density at radius 3 is 2.79 bits per heavy atom. The van der Waals surface area contributed by atoms with Gasteiger partial charge in [0.05, 0.1) is 0 Å². The molecule has 1 fully saturated rings. The average molecular weight is 260 g/mol. The zero-order chi connectivity index (χ0) is 13.7. The molecule has 1 aliphatic rings. The Kier molecular flexibility index (Phi) is 4.91. The summed E-state index contributed by atoms with van der Waals surface area (Å²) in [5, 5.41) is 3.56. The van der Waals surface area contributed by atoms with Crippen LogP contribution < -0.4 is 5.32 Å². The van der Waals surface area contributed by atoms with Gasteiger partial charge in [-0.15, -0.1) is 6.58 Å². The molecule has 2 heterocycles. The van der Waals surface area contributed by atoms with E-state index >= 15 is 0 Å². The predicted octanol–water partition coefficient (Wildman–Crippen LogP) is 2.41. The molecule has 0 aromatic carbocycles. The molecule has 1 aromatic heterocycles. The van der Waals surface area contributed by atoms with E-state index in [1.54, 1.807) is 0 Å². The molecule has 0 aliphatic carbocycles. The lowest BCUT2D eigenvalue weighted by molar-refractivity contribution is 0.240. The molecule has 1 N–H and O–H groups in total. The number of piperidine rings is 1. The van der Waals surface area contributed by atoms with Crippen molar-refractivity contribution >= 4 is 5.82 Å². The highest BCUT2D eigenvalue weighted by molar-refractivity contribution is 5.37. The van der Waals surface area contributed by atoms with Crippen LogP contribution in [0.25, 0.3) is 0 Å². The zero-order valence-electron chi connectivity index (χ0n) is 12.0. The summed E-state index contributed by atoms with van der Waals surface area (Å²) in [6.07, 6.45) is 5.27. The minimum Gasteiger partial charge on any atom is -0.367 e. The molecule has 19 heavy (non-hydrogen) atoms. The van der Waals surface area contributed by atoms with Crippen LogP contribution >= 0.6 is 0 Å². The second kappa shape index (κ2) is 6.66. The van der Waals surface area contributed by atoms with Gasteiger partial charge in [0.25, 0.3) is 0 Å². The van der Waals surface area contributed by atoms with Crippen molar-refractivity contribution in [2.75, 3.05) is 25.0 Å². The van der Waals surface area contributed by atoms with Gasteiger partial charge in [0, 0.05) is 37.4 Å². The van der Waals surface area contributed by atoms with E-state index in [9.17, 15) is 0 Å². The molecule has 0 unspecified atom stereocenters. The molecular weight excluding hydrogens is 236 g/mol. The van der Waals surface area contributed by atoms with Crippen molar-refractivity contribution in [3.8, 4) is 0 Å². The van der Waals surface area contributed by atoms with Crippen LogP contribution in [0.4, 0.5) is 5.82 Å². The average Bonchev–Trinajstić information content (AvgIpc) is 2.40. The van der Waals surface area contributed by atoms with Gasteiger partial charge in [0.1, 0.15) is 11.6 Å². The highest BCUT2D eigenvalue weighted by Crippen LogP contribution is 2.16. The fourth-order valence-corrected chi connectivity index (χ4v) is 2.54. The summed E-state index contributed by atoms with van der Waals surface area (Å²) in [6, 6.07) is 2.60. The van der Waals surface area contributed by atoms with Crippen LogP contribution in [0.1, 0.15) is 31.3 Å². The highest BCUT2D eigenvalue weighted by atomic mass is 15.1. The van der Waals surface area contributed by atoms with Crippen LogP contribution in [0, 0.1) is 6.92 Å². The Bertz CT molecular complexity index is 422.